The van der Waals surface area contributed by atoms with E-state index in [9.17, 15) is 14.4 Å². The van der Waals surface area contributed by atoms with Crippen LogP contribution in [0.25, 0.3) is 6.08 Å². The molecule has 0 heterocycles. The lowest BCUT2D eigenvalue weighted by atomic mass is 10.2. The molecule has 0 saturated heterocycles. The van der Waals surface area contributed by atoms with Crippen LogP contribution >= 0.6 is 0 Å². The van der Waals surface area contributed by atoms with Gasteiger partial charge in [0.1, 0.15) is 6.54 Å². The monoisotopic (exact) mass is 288 g/mol. The van der Waals surface area contributed by atoms with E-state index in [1.54, 1.807) is 31.4 Å². The first kappa shape index (κ1) is 16.6. The third-order valence-electron chi connectivity index (χ3n) is 2.43. The Morgan fingerprint density at radius 1 is 1.24 bits per heavy atom. The first-order valence-corrected chi connectivity index (χ1v) is 6.36. The van der Waals surface area contributed by atoms with Gasteiger partial charge >= 0.3 is 0 Å². The van der Waals surface area contributed by atoms with Crippen LogP contribution in [0.3, 0.4) is 0 Å². The summed E-state index contributed by atoms with van der Waals surface area (Å²) >= 11 is 0. The van der Waals surface area contributed by atoms with Crippen LogP contribution in [0.2, 0.25) is 0 Å². The Hall–Kier alpha value is -2.47. The average molecular weight is 288 g/mol. The van der Waals surface area contributed by atoms with Gasteiger partial charge in [0.05, 0.1) is 6.54 Å². The van der Waals surface area contributed by atoms with Crippen LogP contribution in [0.15, 0.2) is 36.4 Å². The van der Waals surface area contributed by atoms with Crippen molar-refractivity contribution in [3.63, 3.8) is 0 Å². The average Bonchev–Trinajstić information content (AvgIpc) is 2.44. The first-order valence-electron chi connectivity index (χ1n) is 6.36. The zero-order valence-electron chi connectivity index (χ0n) is 12.1. The van der Waals surface area contributed by atoms with Crippen molar-refractivity contribution in [2.24, 2.45) is 0 Å². The van der Waals surface area contributed by atoms with Crippen LogP contribution in [-0.4, -0.2) is 55.2 Å². The molecule has 0 spiro atoms. The molecule has 0 aliphatic carbocycles. The predicted molar refractivity (Wildman–Crippen MR) is 79.6 cm³/mol. The van der Waals surface area contributed by atoms with Crippen molar-refractivity contribution in [2.45, 2.75) is 0 Å². The minimum atomic E-state index is -0.491. The van der Waals surface area contributed by atoms with Crippen molar-refractivity contribution in [1.29, 1.82) is 0 Å². The topological polar surface area (TPSA) is 69.7 Å². The highest BCUT2D eigenvalue weighted by Crippen LogP contribution is 2.01. The summed E-state index contributed by atoms with van der Waals surface area (Å²) < 4.78 is 0. The maximum Gasteiger partial charge on any atom is 0.265 e. The molecule has 6 heteroatoms. The fraction of sp³-hybridized carbons (Fsp3) is 0.267. The molecule has 0 aliphatic heterocycles. The standard InChI is InChI=1S/C15H18N3O3/c1-17(2)12-14(20)16-18(10-11-19)15(21)9-8-13-6-4-3-5-7-13/h3-9H,10,12H2,1-2H3,(H,16,20)/b9-8+. The van der Waals surface area contributed by atoms with E-state index in [-0.39, 0.29) is 19.0 Å². The number of nitrogens with one attached hydrogen (secondary N) is 1. The Morgan fingerprint density at radius 3 is 2.48 bits per heavy atom. The molecule has 2 amide bonds. The van der Waals surface area contributed by atoms with E-state index in [4.69, 9.17) is 0 Å². The molecule has 0 unspecified atom stereocenters. The van der Waals surface area contributed by atoms with Crippen molar-refractivity contribution in [1.82, 2.24) is 15.3 Å². The molecule has 1 N–H and O–H groups in total. The molecule has 0 fully saturated rings. The Balaban J connectivity index is 2.66. The Bertz CT molecular complexity index is 512. The number of carbonyl (C=O) groups is 2. The van der Waals surface area contributed by atoms with E-state index in [2.05, 4.69) is 5.43 Å². The second-order valence-electron chi connectivity index (χ2n) is 4.59. The summed E-state index contributed by atoms with van der Waals surface area (Å²) in [5.41, 5.74) is 3.22. The van der Waals surface area contributed by atoms with Crippen LogP contribution in [0, 0.1) is 0 Å². The number of carbonyl (C=O) groups excluding carboxylic acids is 3. The maximum atomic E-state index is 12.0. The smallest absolute Gasteiger partial charge is 0.265 e. The minimum Gasteiger partial charge on any atom is -0.301 e. The van der Waals surface area contributed by atoms with Gasteiger partial charge in [0.25, 0.3) is 11.8 Å². The maximum absolute atomic E-state index is 12.0. The molecular formula is C15H18N3O3. The van der Waals surface area contributed by atoms with E-state index in [1.165, 1.54) is 6.08 Å². The molecular weight excluding hydrogens is 270 g/mol. The highest BCUT2D eigenvalue weighted by Gasteiger charge is 2.14. The van der Waals surface area contributed by atoms with Crippen molar-refractivity contribution in [3.8, 4) is 0 Å². The minimum absolute atomic E-state index is 0.116. The van der Waals surface area contributed by atoms with E-state index >= 15 is 0 Å². The van der Waals surface area contributed by atoms with Crippen LogP contribution in [-0.2, 0) is 14.4 Å². The summed E-state index contributed by atoms with van der Waals surface area (Å²) in [6.45, 7) is -0.206. The number of nitrogens with zero attached hydrogens (tertiary/aromatic N) is 2. The number of likely N-dealkylation sites (N-methyl/N-ethyl adjacent to an activating group) is 1. The van der Waals surface area contributed by atoms with E-state index in [0.717, 1.165) is 10.6 Å². The molecule has 21 heavy (non-hydrogen) atoms. The predicted octanol–water partition coefficient (Wildman–Crippen LogP) is 0.231. The number of hydrogen-bond donors (Lipinski definition) is 1. The highest BCUT2D eigenvalue weighted by molar-refractivity contribution is 5.94. The molecule has 6 nitrogen and oxygen atoms in total. The summed E-state index contributed by atoms with van der Waals surface area (Å²) in [6.07, 6.45) is 4.50. The highest BCUT2D eigenvalue weighted by atomic mass is 16.2. The van der Waals surface area contributed by atoms with Gasteiger partial charge in [0.2, 0.25) is 6.29 Å². The first-order chi connectivity index (χ1) is 10.0. The SMILES string of the molecule is CN(C)CC(=O)NN(C[C]=O)C(=O)/C=C/c1ccccc1. The van der Waals surface area contributed by atoms with Crippen LogP contribution < -0.4 is 5.43 Å². The molecule has 1 radical (unpaired) electrons. The summed E-state index contributed by atoms with van der Waals surface area (Å²) in [4.78, 5) is 35.7. The fourth-order valence-corrected chi connectivity index (χ4v) is 1.53. The van der Waals surface area contributed by atoms with Crippen LogP contribution in [0.5, 0.6) is 0 Å². The van der Waals surface area contributed by atoms with Gasteiger partial charge in [-0.25, -0.2) is 5.01 Å². The lowest BCUT2D eigenvalue weighted by molar-refractivity contribution is -0.137. The third-order valence-corrected chi connectivity index (χ3v) is 2.43. The van der Waals surface area contributed by atoms with Gasteiger partial charge in [0, 0.05) is 6.08 Å². The van der Waals surface area contributed by atoms with Crippen molar-refractivity contribution >= 4 is 24.2 Å². The fourth-order valence-electron chi connectivity index (χ4n) is 1.53. The quantitative estimate of drug-likeness (QED) is 0.601. The lowest BCUT2D eigenvalue weighted by Gasteiger charge is -2.20. The Labute approximate surface area is 124 Å². The number of hydrogen-bond acceptors (Lipinski definition) is 4. The molecule has 0 saturated carbocycles. The number of amides is 2. The van der Waals surface area contributed by atoms with Crippen LogP contribution in [0.4, 0.5) is 0 Å². The summed E-state index contributed by atoms with van der Waals surface area (Å²) in [7, 11) is 3.46. The Kier molecular flexibility index (Phi) is 6.83. The van der Waals surface area contributed by atoms with Crippen LogP contribution in [0.1, 0.15) is 5.56 Å². The van der Waals surface area contributed by atoms with Gasteiger partial charge in [-0.2, -0.15) is 0 Å². The van der Waals surface area contributed by atoms with Gasteiger partial charge < -0.3 is 4.90 Å². The van der Waals surface area contributed by atoms with E-state index in [0.29, 0.717) is 0 Å². The zero-order chi connectivity index (χ0) is 15.7. The Morgan fingerprint density at radius 2 is 1.90 bits per heavy atom. The normalized spacial score (nSPS) is 10.6. The second kappa shape index (κ2) is 8.65. The van der Waals surface area contributed by atoms with E-state index < -0.39 is 5.91 Å². The van der Waals surface area contributed by atoms with Crippen molar-refractivity contribution in [3.05, 3.63) is 42.0 Å². The third kappa shape index (κ3) is 6.49. The number of hydrazine groups is 1. The summed E-state index contributed by atoms with van der Waals surface area (Å²) in [6, 6.07) is 9.24. The van der Waals surface area contributed by atoms with Crippen molar-refractivity contribution in [2.75, 3.05) is 27.2 Å². The summed E-state index contributed by atoms with van der Waals surface area (Å²) in [5, 5.41) is 0.929. The van der Waals surface area contributed by atoms with Crippen molar-refractivity contribution < 1.29 is 14.4 Å². The van der Waals surface area contributed by atoms with Gasteiger partial charge in [-0.05, 0) is 25.7 Å². The largest absolute Gasteiger partial charge is 0.301 e. The van der Waals surface area contributed by atoms with Gasteiger partial charge in [-0.3, -0.25) is 19.8 Å². The lowest BCUT2D eigenvalue weighted by Crippen LogP contribution is -2.49. The molecule has 1 rings (SSSR count). The van der Waals surface area contributed by atoms with E-state index in [1.807, 2.05) is 30.3 Å². The molecule has 1 aromatic rings. The molecule has 111 valence electrons. The zero-order valence-corrected chi connectivity index (χ0v) is 12.1. The number of rotatable bonds is 6. The summed E-state index contributed by atoms with van der Waals surface area (Å²) in [5.74, 6) is -0.869. The van der Waals surface area contributed by atoms with Gasteiger partial charge in [-0.15, -0.1) is 0 Å². The van der Waals surface area contributed by atoms with Gasteiger partial charge in [0.15, 0.2) is 0 Å². The molecule has 0 aliphatic rings. The molecule has 0 aromatic heterocycles. The molecule has 1 aromatic carbocycles. The second-order valence-corrected chi connectivity index (χ2v) is 4.59. The van der Waals surface area contributed by atoms with Gasteiger partial charge in [-0.1, -0.05) is 30.3 Å². The number of benzene rings is 1. The molecule has 0 bridgehead atoms. The molecule has 0 atom stereocenters.